The van der Waals surface area contributed by atoms with Crippen molar-refractivity contribution in [1.29, 1.82) is 0 Å². The van der Waals surface area contributed by atoms with Gasteiger partial charge in [-0.1, -0.05) is 108 Å². The first-order valence-electron chi connectivity index (χ1n) is 15.5. The minimum atomic E-state index is -4.68. The number of halogens is 3. The number of rotatable bonds is 18. The Bertz CT molecular complexity index is 1380. The van der Waals surface area contributed by atoms with Crippen LogP contribution < -0.4 is 16.4 Å². The Morgan fingerprint density at radius 2 is 1.45 bits per heavy atom. The first-order valence-corrected chi connectivity index (χ1v) is 15.5. The number of carbonyl (C=O) groups is 3. The van der Waals surface area contributed by atoms with E-state index in [1.165, 1.54) is 57.1 Å². The van der Waals surface area contributed by atoms with E-state index in [0.29, 0.717) is 22.9 Å². The predicted octanol–water partition coefficient (Wildman–Crippen LogP) is 7.92. The molecule has 3 rings (SSSR count). The van der Waals surface area contributed by atoms with Crippen molar-refractivity contribution in [2.75, 3.05) is 5.32 Å². The fourth-order valence-electron chi connectivity index (χ4n) is 5.16. The average molecular weight is 613 g/mol. The van der Waals surface area contributed by atoms with Crippen LogP contribution in [0.25, 0.3) is 22.0 Å². The summed E-state index contributed by atoms with van der Waals surface area (Å²) in [7, 11) is 0. The van der Waals surface area contributed by atoms with E-state index >= 15 is 0 Å². The van der Waals surface area contributed by atoms with Crippen LogP contribution in [0.5, 0.6) is 0 Å². The van der Waals surface area contributed by atoms with E-state index in [1.54, 1.807) is 36.4 Å². The topological polar surface area (TPSA) is 114 Å². The van der Waals surface area contributed by atoms with Gasteiger partial charge in [0, 0.05) is 17.5 Å². The highest BCUT2D eigenvalue weighted by Gasteiger charge is 2.33. The molecule has 0 unspecified atom stereocenters. The number of alkyl halides is 3. The fourth-order valence-corrected chi connectivity index (χ4v) is 5.16. The van der Waals surface area contributed by atoms with Crippen molar-refractivity contribution in [3.63, 3.8) is 0 Å². The number of nitrogens with zero attached hydrogens (tertiary/aromatic N) is 1. The highest BCUT2D eigenvalue weighted by Crippen LogP contribution is 2.36. The van der Waals surface area contributed by atoms with Gasteiger partial charge in [-0.05, 0) is 35.7 Å². The number of anilines is 1. The van der Waals surface area contributed by atoms with Crippen LogP contribution in [-0.4, -0.2) is 28.7 Å². The molecular formula is C34H43F3N4O3. The van der Waals surface area contributed by atoms with Crippen LogP contribution in [-0.2, 0) is 20.6 Å². The normalized spacial score (nSPS) is 12.2. The number of hydrogen-bond donors (Lipinski definition) is 3. The minimum Gasteiger partial charge on any atom is -0.370 e. The van der Waals surface area contributed by atoms with Gasteiger partial charge in [-0.15, -0.1) is 0 Å². The number of unbranched alkanes of at least 4 members (excludes halogenated alkanes) is 10. The van der Waals surface area contributed by atoms with Gasteiger partial charge in [0.2, 0.25) is 17.7 Å². The third-order valence-corrected chi connectivity index (χ3v) is 7.52. The van der Waals surface area contributed by atoms with Crippen LogP contribution in [0, 0.1) is 0 Å². The molecular weight excluding hydrogens is 569 g/mol. The lowest BCUT2D eigenvalue weighted by Crippen LogP contribution is -2.46. The number of benzene rings is 2. The molecule has 0 bridgehead atoms. The quantitative estimate of drug-likeness (QED) is 0.127. The van der Waals surface area contributed by atoms with Crippen LogP contribution in [0.3, 0.4) is 0 Å². The second-order valence-corrected chi connectivity index (χ2v) is 11.2. The second-order valence-electron chi connectivity index (χ2n) is 11.2. The molecule has 0 aliphatic carbocycles. The summed E-state index contributed by atoms with van der Waals surface area (Å²) >= 11 is 0. The average Bonchev–Trinajstić information content (AvgIpc) is 2.98. The monoisotopic (exact) mass is 612 g/mol. The van der Waals surface area contributed by atoms with Crippen LogP contribution in [0.4, 0.5) is 18.9 Å². The summed E-state index contributed by atoms with van der Waals surface area (Å²) in [4.78, 5) is 41.1. The number of aromatic nitrogens is 1. The molecule has 4 N–H and O–H groups in total. The molecule has 0 saturated heterocycles. The third kappa shape index (κ3) is 11.3. The first-order chi connectivity index (χ1) is 21.1. The van der Waals surface area contributed by atoms with Crippen molar-refractivity contribution in [2.45, 2.75) is 103 Å². The molecule has 1 aromatic heterocycles. The molecule has 2 aromatic carbocycles. The lowest BCUT2D eigenvalue weighted by molar-refractivity contribution is -0.141. The standard InChI is InChI=1S/C34H43F3N4O3/c1-2-3-4-5-6-7-8-9-10-11-15-18-32(43)41-29(23-31(38)42)33(44)39-25-19-20-26-27(24-16-13-12-14-17-24)22-30(34(35,36)37)40-28(26)21-25/h12-14,16-17,19-22,29H,2-11,15,18,23H2,1H3,(H2,38,42)(H,39,44)(H,41,43)/t29-/m1/s1. The molecule has 44 heavy (non-hydrogen) atoms. The molecule has 0 radical (unpaired) electrons. The van der Waals surface area contributed by atoms with Gasteiger partial charge in [-0.3, -0.25) is 14.4 Å². The van der Waals surface area contributed by atoms with Crippen molar-refractivity contribution in [3.8, 4) is 11.1 Å². The summed E-state index contributed by atoms with van der Waals surface area (Å²) in [6.45, 7) is 2.21. The molecule has 7 nitrogen and oxygen atoms in total. The number of nitrogens with two attached hydrogens (primary N) is 1. The molecule has 3 aromatic rings. The Kier molecular flexibility index (Phi) is 13.6. The molecule has 10 heteroatoms. The highest BCUT2D eigenvalue weighted by molar-refractivity contribution is 6.02. The lowest BCUT2D eigenvalue weighted by Gasteiger charge is -2.18. The number of pyridine rings is 1. The summed E-state index contributed by atoms with van der Waals surface area (Å²) in [6.07, 6.45) is 7.66. The lowest BCUT2D eigenvalue weighted by atomic mass is 9.99. The number of carbonyl (C=O) groups excluding carboxylic acids is 3. The van der Waals surface area contributed by atoms with Crippen molar-refractivity contribution in [2.24, 2.45) is 5.73 Å². The van der Waals surface area contributed by atoms with Crippen molar-refractivity contribution < 1.29 is 27.6 Å². The van der Waals surface area contributed by atoms with Gasteiger partial charge in [0.25, 0.3) is 0 Å². The van der Waals surface area contributed by atoms with E-state index in [0.717, 1.165) is 25.3 Å². The SMILES string of the molecule is CCCCCCCCCCCCCC(=O)N[C@H](CC(N)=O)C(=O)Nc1ccc2c(-c3ccccc3)cc(C(F)(F)F)nc2c1. The zero-order valence-corrected chi connectivity index (χ0v) is 25.3. The van der Waals surface area contributed by atoms with E-state index in [2.05, 4.69) is 22.5 Å². The first kappa shape index (κ1) is 34.5. The van der Waals surface area contributed by atoms with E-state index in [9.17, 15) is 27.6 Å². The second kappa shape index (κ2) is 17.4. The zero-order valence-electron chi connectivity index (χ0n) is 25.3. The van der Waals surface area contributed by atoms with E-state index < -0.39 is 36.1 Å². The van der Waals surface area contributed by atoms with Crippen LogP contribution in [0.15, 0.2) is 54.6 Å². The summed E-state index contributed by atoms with van der Waals surface area (Å²) < 4.78 is 41.0. The molecule has 1 atom stereocenters. The Morgan fingerprint density at radius 3 is 2.05 bits per heavy atom. The van der Waals surface area contributed by atoms with Gasteiger partial charge >= 0.3 is 6.18 Å². The van der Waals surface area contributed by atoms with Gasteiger partial charge in [0.05, 0.1) is 11.9 Å². The molecule has 0 fully saturated rings. The van der Waals surface area contributed by atoms with Crippen LogP contribution in [0.1, 0.15) is 96.1 Å². The van der Waals surface area contributed by atoms with Gasteiger partial charge in [-0.25, -0.2) is 4.98 Å². The van der Waals surface area contributed by atoms with E-state index in [4.69, 9.17) is 5.73 Å². The molecule has 3 amide bonds. The van der Waals surface area contributed by atoms with Crippen LogP contribution in [0.2, 0.25) is 0 Å². The van der Waals surface area contributed by atoms with Gasteiger partial charge in [0.1, 0.15) is 11.7 Å². The van der Waals surface area contributed by atoms with E-state index in [1.807, 2.05) is 0 Å². The smallest absolute Gasteiger partial charge is 0.370 e. The van der Waals surface area contributed by atoms with Gasteiger partial charge in [0.15, 0.2) is 0 Å². The maximum absolute atomic E-state index is 13.7. The summed E-state index contributed by atoms with van der Waals surface area (Å²) in [6, 6.07) is 12.9. The van der Waals surface area contributed by atoms with Gasteiger partial charge < -0.3 is 16.4 Å². The van der Waals surface area contributed by atoms with Crippen molar-refractivity contribution in [1.82, 2.24) is 10.3 Å². The maximum atomic E-state index is 13.7. The number of amides is 3. The summed E-state index contributed by atoms with van der Waals surface area (Å²) in [5.74, 6) is -1.85. The van der Waals surface area contributed by atoms with Gasteiger partial charge in [-0.2, -0.15) is 13.2 Å². The summed E-state index contributed by atoms with van der Waals surface area (Å²) in [5, 5.41) is 5.64. The number of nitrogens with one attached hydrogen (secondary N) is 2. The molecule has 0 spiro atoms. The number of hydrogen-bond acceptors (Lipinski definition) is 4. The zero-order chi connectivity index (χ0) is 32.0. The molecule has 0 aliphatic rings. The highest BCUT2D eigenvalue weighted by atomic mass is 19.4. The Morgan fingerprint density at radius 1 is 0.841 bits per heavy atom. The largest absolute Gasteiger partial charge is 0.433 e. The molecule has 238 valence electrons. The Labute approximate surface area is 257 Å². The number of fused-ring (bicyclic) bond motifs is 1. The van der Waals surface area contributed by atoms with Crippen molar-refractivity contribution in [3.05, 3.63) is 60.3 Å². The fraction of sp³-hybridized carbons (Fsp3) is 0.471. The molecule has 0 saturated carbocycles. The van der Waals surface area contributed by atoms with Crippen molar-refractivity contribution >= 4 is 34.3 Å². The number of primary amides is 1. The molecule has 0 aliphatic heterocycles. The Hall–Kier alpha value is -3.95. The summed E-state index contributed by atoms with van der Waals surface area (Å²) in [5.41, 5.74) is 5.41. The van der Waals surface area contributed by atoms with Crippen LogP contribution >= 0.6 is 0 Å². The third-order valence-electron chi connectivity index (χ3n) is 7.52. The minimum absolute atomic E-state index is 0.0310. The predicted molar refractivity (Wildman–Crippen MR) is 168 cm³/mol. The molecule has 1 heterocycles. The Balaban J connectivity index is 1.59. The maximum Gasteiger partial charge on any atom is 0.433 e. The van der Waals surface area contributed by atoms with E-state index in [-0.39, 0.29) is 23.5 Å².